The van der Waals surface area contributed by atoms with Crippen molar-refractivity contribution in [2.24, 2.45) is 0 Å². The van der Waals surface area contributed by atoms with E-state index in [0.29, 0.717) is 23.4 Å². The van der Waals surface area contributed by atoms with E-state index in [1.165, 1.54) is 0 Å². The van der Waals surface area contributed by atoms with Crippen LogP contribution in [0.5, 0.6) is 0 Å². The second kappa shape index (κ2) is 8.56. The fourth-order valence-electron chi connectivity index (χ4n) is 2.64. The minimum Gasteiger partial charge on any atom is -0.360 e. The molecule has 2 aromatic carbocycles. The minimum absolute atomic E-state index is 0.0452. The average molecular weight is 377 g/mol. The van der Waals surface area contributed by atoms with Crippen molar-refractivity contribution in [2.45, 2.75) is 24.1 Å². The van der Waals surface area contributed by atoms with Crippen LogP contribution in [0, 0.1) is 18.3 Å². The van der Waals surface area contributed by atoms with E-state index in [2.05, 4.69) is 11.2 Å². The molecule has 136 valence electrons. The van der Waals surface area contributed by atoms with E-state index in [-0.39, 0.29) is 5.91 Å². The summed E-state index contributed by atoms with van der Waals surface area (Å²) in [7, 11) is 1.78. The van der Waals surface area contributed by atoms with Gasteiger partial charge in [-0.3, -0.25) is 4.79 Å². The number of nitrogens with zero attached hydrogens (tertiary/aromatic N) is 3. The van der Waals surface area contributed by atoms with E-state index in [4.69, 9.17) is 9.78 Å². The Hall–Kier alpha value is -3.04. The second-order valence-corrected chi connectivity index (χ2v) is 7.21. The van der Waals surface area contributed by atoms with Gasteiger partial charge < -0.3 is 9.42 Å². The van der Waals surface area contributed by atoms with Gasteiger partial charge >= 0.3 is 0 Å². The highest BCUT2D eigenvalue weighted by Crippen LogP contribution is 2.27. The third-order valence-corrected chi connectivity index (χ3v) is 5.11. The number of carbonyl (C=O) groups excluding carboxylic acids is 1. The number of hydrogen-bond acceptors (Lipinski definition) is 5. The van der Waals surface area contributed by atoms with Gasteiger partial charge in [-0.1, -0.05) is 29.4 Å². The fraction of sp³-hybridized carbons (Fsp3) is 0.190. The standard InChI is InChI=1S/C21H19N3O2S/c1-15-11-18(26-23-15)14-27-20-6-4-3-5-19(20)21(25)24(2)13-17-9-7-16(12-22)8-10-17/h3-11H,13-14H2,1-2H3. The zero-order valence-electron chi connectivity index (χ0n) is 15.2. The van der Waals surface area contributed by atoms with Crippen molar-refractivity contribution in [2.75, 3.05) is 7.05 Å². The molecular weight excluding hydrogens is 358 g/mol. The molecule has 0 fully saturated rings. The summed E-state index contributed by atoms with van der Waals surface area (Å²) in [6.07, 6.45) is 0. The van der Waals surface area contributed by atoms with Crippen LogP contribution in [-0.2, 0) is 12.3 Å². The highest BCUT2D eigenvalue weighted by atomic mass is 32.2. The van der Waals surface area contributed by atoms with Crippen molar-refractivity contribution in [1.82, 2.24) is 10.1 Å². The molecule has 1 amide bonds. The Labute approximate surface area is 162 Å². The molecule has 6 heteroatoms. The Morgan fingerprint density at radius 2 is 1.96 bits per heavy atom. The molecule has 1 heterocycles. The number of aromatic nitrogens is 1. The first-order chi connectivity index (χ1) is 13.1. The summed E-state index contributed by atoms with van der Waals surface area (Å²) in [5.74, 6) is 1.35. The molecule has 0 atom stereocenters. The predicted octanol–water partition coefficient (Wildman–Crippen LogP) is 4.42. The summed E-state index contributed by atoms with van der Waals surface area (Å²) >= 11 is 1.55. The maximum absolute atomic E-state index is 12.9. The summed E-state index contributed by atoms with van der Waals surface area (Å²) in [5, 5.41) is 12.8. The lowest BCUT2D eigenvalue weighted by atomic mass is 10.1. The quantitative estimate of drug-likeness (QED) is 0.595. The molecular formula is C21H19N3O2S. The molecule has 1 aromatic heterocycles. The van der Waals surface area contributed by atoms with Crippen molar-refractivity contribution in [3.63, 3.8) is 0 Å². The molecule has 3 rings (SSSR count). The Balaban J connectivity index is 1.70. The number of amides is 1. The summed E-state index contributed by atoms with van der Waals surface area (Å²) < 4.78 is 5.24. The van der Waals surface area contributed by atoms with Crippen molar-refractivity contribution < 1.29 is 9.32 Å². The van der Waals surface area contributed by atoms with Crippen molar-refractivity contribution >= 4 is 17.7 Å². The third kappa shape index (κ3) is 4.78. The molecule has 0 spiro atoms. The van der Waals surface area contributed by atoms with Gasteiger partial charge in [-0.25, -0.2) is 0 Å². The van der Waals surface area contributed by atoms with E-state index in [1.54, 1.807) is 35.8 Å². The smallest absolute Gasteiger partial charge is 0.255 e. The molecule has 0 unspecified atom stereocenters. The van der Waals surface area contributed by atoms with Gasteiger partial charge in [0, 0.05) is 24.6 Å². The van der Waals surface area contributed by atoms with Gasteiger partial charge in [-0.2, -0.15) is 5.26 Å². The Kier molecular flexibility index (Phi) is 5.94. The van der Waals surface area contributed by atoms with Crippen LogP contribution in [-0.4, -0.2) is 23.0 Å². The average Bonchev–Trinajstić information content (AvgIpc) is 3.12. The van der Waals surface area contributed by atoms with Crippen LogP contribution in [0.15, 0.2) is 64.0 Å². The lowest BCUT2D eigenvalue weighted by molar-refractivity contribution is 0.0781. The maximum Gasteiger partial charge on any atom is 0.255 e. The zero-order valence-corrected chi connectivity index (χ0v) is 16.0. The van der Waals surface area contributed by atoms with Gasteiger partial charge in [0.05, 0.1) is 28.6 Å². The fourth-order valence-corrected chi connectivity index (χ4v) is 3.56. The molecule has 0 aliphatic carbocycles. The molecule has 0 N–H and O–H groups in total. The van der Waals surface area contributed by atoms with E-state index >= 15 is 0 Å². The highest BCUT2D eigenvalue weighted by Gasteiger charge is 2.16. The van der Waals surface area contributed by atoms with Crippen molar-refractivity contribution in [3.8, 4) is 6.07 Å². The highest BCUT2D eigenvalue weighted by molar-refractivity contribution is 7.98. The summed E-state index contributed by atoms with van der Waals surface area (Å²) in [5.41, 5.74) is 3.09. The largest absolute Gasteiger partial charge is 0.360 e. The molecule has 0 bridgehead atoms. The molecule has 0 radical (unpaired) electrons. The third-order valence-electron chi connectivity index (χ3n) is 4.01. The van der Waals surface area contributed by atoms with Crippen LogP contribution >= 0.6 is 11.8 Å². The van der Waals surface area contributed by atoms with E-state index in [9.17, 15) is 4.79 Å². The lowest BCUT2D eigenvalue weighted by Crippen LogP contribution is -2.26. The van der Waals surface area contributed by atoms with Gasteiger partial charge in [0.15, 0.2) is 0 Å². The van der Waals surface area contributed by atoms with Gasteiger partial charge in [-0.05, 0) is 36.8 Å². The lowest BCUT2D eigenvalue weighted by Gasteiger charge is -2.19. The van der Waals surface area contributed by atoms with Crippen LogP contribution in [0.2, 0.25) is 0 Å². The van der Waals surface area contributed by atoms with E-state index in [1.807, 2.05) is 49.4 Å². The number of rotatable bonds is 6. The van der Waals surface area contributed by atoms with Crippen molar-refractivity contribution in [1.29, 1.82) is 5.26 Å². The number of benzene rings is 2. The maximum atomic E-state index is 12.9. The normalized spacial score (nSPS) is 10.4. The topological polar surface area (TPSA) is 70.1 Å². The first kappa shape index (κ1) is 18.7. The van der Waals surface area contributed by atoms with Crippen LogP contribution in [0.1, 0.15) is 32.9 Å². The number of aryl methyl sites for hydroxylation is 1. The van der Waals surface area contributed by atoms with E-state index in [0.717, 1.165) is 21.9 Å². The summed E-state index contributed by atoms with van der Waals surface area (Å²) in [6, 6.07) is 18.8. The summed E-state index contributed by atoms with van der Waals surface area (Å²) in [4.78, 5) is 15.5. The Morgan fingerprint density at radius 1 is 1.22 bits per heavy atom. The van der Waals surface area contributed by atoms with Crippen molar-refractivity contribution in [3.05, 3.63) is 82.7 Å². The van der Waals surface area contributed by atoms with Gasteiger partial charge in [0.25, 0.3) is 5.91 Å². The Bertz CT molecular complexity index is 974. The molecule has 0 aliphatic heterocycles. The monoisotopic (exact) mass is 377 g/mol. The predicted molar refractivity (Wildman–Crippen MR) is 104 cm³/mol. The second-order valence-electron chi connectivity index (χ2n) is 6.19. The van der Waals surface area contributed by atoms with Crippen LogP contribution < -0.4 is 0 Å². The number of hydrogen-bond donors (Lipinski definition) is 0. The van der Waals surface area contributed by atoms with Crippen LogP contribution in [0.3, 0.4) is 0 Å². The van der Waals surface area contributed by atoms with E-state index < -0.39 is 0 Å². The number of nitriles is 1. The first-order valence-corrected chi connectivity index (χ1v) is 9.44. The molecule has 0 saturated heterocycles. The molecule has 0 saturated carbocycles. The van der Waals surface area contributed by atoms with Crippen LogP contribution in [0.25, 0.3) is 0 Å². The minimum atomic E-state index is -0.0452. The number of carbonyl (C=O) groups is 1. The molecule has 5 nitrogen and oxygen atoms in total. The van der Waals surface area contributed by atoms with Crippen LogP contribution in [0.4, 0.5) is 0 Å². The number of thioether (sulfide) groups is 1. The van der Waals surface area contributed by atoms with Gasteiger partial charge in [0.2, 0.25) is 0 Å². The first-order valence-electron chi connectivity index (χ1n) is 8.45. The van der Waals surface area contributed by atoms with Gasteiger partial charge in [0.1, 0.15) is 5.76 Å². The molecule has 27 heavy (non-hydrogen) atoms. The summed E-state index contributed by atoms with van der Waals surface area (Å²) in [6.45, 7) is 2.36. The Morgan fingerprint density at radius 3 is 2.63 bits per heavy atom. The zero-order chi connectivity index (χ0) is 19.2. The SMILES string of the molecule is Cc1cc(CSc2ccccc2C(=O)N(C)Cc2ccc(C#N)cc2)on1. The molecule has 0 aliphatic rings. The van der Waals surface area contributed by atoms with Gasteiger partial charge in [-0.15, -0.1) is 11.8 Å². The molecule has 3 aromatic rings.